The van der Waals surface area contributed by atoms with Crippen LogP contribution in [0.2, 0.25) is 0 Å². The Bertz CT molecular complexity index is 1360. The van der Waals surface area contributed by atoms with E-state index in [1.54, 1.807) is 0 Å². The van der Waals surface area contributed by atoms with E-state index in [1.807, 2.05) is 11.3 Å². The van der Waals surface area contributed by atoms with Crippen molar-refractivity contribution in [3.63, 3.8) is 0 Å². The van der Waals surface area contributed by atoms with Crippen molar-refractivity contribution < 1.29 is 0 Å². The third-order valence-corrected chi connectivity index (χ3v) is 10.6. The van der Waals surface area contributed by atoms with E-state index in [0.717, 1.165) is 0 Å². The molecule has 0 saturated carbocycles. The second kappa shape index (κ2) is 10.7. The van der Waals surface area contributed by atoms with E-state index < -0.39 is 0 Å². The van der Waals surface area contributed by atoms with Gasteiger partial charge < -0.3 is 0 Å². The first-order valence-corrected chi connectivity index (χ1v) is 15.7. The highest BCUT2D eigenvalue weighted by molar-refractivity contribution is 7.20. The second-order valence-electron chi connectivity index (χ2n) is 16.3. The predicted octanol–water partition coefficient (Wildman–Crippen LogP) is 13.2. The van der Waals surface area contributed by atoms with Gasteiger partial charge in [-0.25, -0.2) is 0 Å². The molecule has 218 valence electrons. The molecule has 1 aromatic carbocycles. The van der Waals surface area contributed by atoms with E-state index in [1.165, 1.54) is 76.2 Å². The summed E-state index contributed by atoms with van der Waals surface area (Å²) in [6.07, 6.45) is 0. The van der Waals surface area contributed by atoms with Gasteiger partial charge in [0, 0.05) is 9.58 Å². The summed E-state index contributed by atoms with van der Waals surface area (Å²) in [5.41, 5.74) is 16.5. The molecule has 0 atom stereocenters. The molecule has 0 aliphatic carbocycles. The molecular weight excluding hydrogens is 488 g/mol. The molecule has 0 aliphatic heterocycles. The minimum Gasteiger partial charge on any atom is -0.135 e. The van der Waals surface area contributed by atoms with E-state index in [0.29, 0.717) is 0 Å². The Morgan fingerprint density at radius 1 is 0.513 bits per heavy atom. The largest absolute Gasteiger partial charge is 0.135 e. The maximum Gasteiger partial charge on any atom is 0.0390 e. The summed E-state index contributed by atoms with van der Waals surface area (Å²) in [4.78, 5) is 1.48. The minimum absolute atomic E-state index is 0.0754. The number of fused-ring (bicyclic) bond motifs is 1. The molecule has 0 fully saturated rings. The fraction of sp³-hybridized carbons (Fsp3) is 0.632. The van der Waals surface area contributed by atoms with Crippen LogP contribution >= 0.6 is 11.3 Å². The Morgan fingerprint density at radius 2 is 0.974 bits per heavy atom. The first kappa shape index (κ1) is 33.6. The average Bonchev–Trinajstić information content (AvgIpc) is 3.06. The van der Waals surface area contributed by atoms with Gasteiger partial charge in [0.05, 0.1) is 0 Å². The zero-order valence-electron chi connectivity index (χ0n) is 29.4. The number of hydrogen-bond acceptors (Lipinski definition) is 1. The summed E-state index contributed by atoms with van der Waals surface area (Å²) >= 11 is 2.03. The Kier molecular flexibility index (Phi) is 9.19. The second-order valence-corrected chi connectivity index (χ2v) is 17.3. The van der Waals surface area contributed by atoms with Gasteiger partial charge in [0.2, 0.25) is 0 Å². The number of aryl methyl sites for hydroxylation is 3. The van der Waals surface area contributed by atoms with Crippen LogP contribution in [0.1, 0.15) is 143 Å². The minimum atomic E-state index is 0.0754. The molecule has 2 aromatic rings. The Balaban J connectivity index is 3.11. The summed E-state index contributed by atoms with van der Waals surface area (Å²) < 4.78 is 1.46. The Labute approximate surface area is 247 Å². The van der Waals surface area contributed by atoms with Crippen LogP contribution in [-0.2, 0) is 0 Å². The van der Waals surface area contributed by atoms with Gasteiger partial charge in [-0.3, -0.25) is 0 Å². The van der Waals surface area contributed by atoms with Crippen molar-refractivity contribution in [2.45, 2.75) is 138 Å². The zero-order chi connectivity index (χ0) is 30.8. The van der Waals surface area contributed by atoms with Crippen LogP contribution in [0.4, 0.5) is 0 Å². The fourth-order valence-electron chi connectivity index (χ4n) is 6.40. The highest BCUT2D eigenvalue weighted by Gasteiger charge is 2.31. The maximum absolute atomic E-state index is 2.38. The first-order chi connectivity index (χ1) is 17.3. The Morgan fingerprint density at radius 3 is 1.36 bits per heavy atom. The lowest BCUT2D eigenvalue weighted by Gasteiger charge is -2.34. The molecule has 0 radical (unpaired) electrons. The van der Waals surface area contributed by atoms with Crippen LogP contribution < -0.4 is 0 Å². The molecule has 39 heavy (non-hydrogen) atoms. The highest BCUT2D eigenvalue weighted by Crippen LogP contribution is 2.51. The number of thiophene rings is 1. The number of benzene rings is 1. The predicted molar refractivity (Wildman–Crippen MR) is 182 cm³/mol. The summed E-state index contributed by atoms with van der Waals surface area (Å²) in [7, 11) is 0. The Hall–Kier alpha value is -1.60. The standard InChI is InChI=1S/C38H60S/c1-21-22(2)30-26(6)34(32(38(18,19)20)28(8)36(12,13)14)39-33(30)25(5)29(21)23(3)24(4)31(37(15,16)17)27(7)35(9,10)11/h1-20H3/b24-23+,31-27-,32-28-. The average molecular weight is 549 g/mol. The van der Waals surface area contributed by atoms with Crippen molar-refractivity contribution in [1.29, 1.82) is 0 Å². The van der Waals surface area contributed by atoms with Crippen molar-refractivity contribution in [2.24, 2.45) is 21.7 Å². The summed E-state index contributed by atoms with van der Waals surface area (Å²) in [5, 5.41) is 1.47. The molecule has 0 spiro atoms. The van der Waals surface area contributed by atoms with Gasteiger partial charge in [0.15, 0.2) is 0 Å². The van der Waals surface area contributed by atoms with Gasteiger partial charge in [-0.15, -0.1) is 11.3 Å². The van der Waals surface area contributed by atoms with Crippen LogP contribution in [0, 0.1) is 49.4 Å². The highest BCUT2D eigenvalue weighted by atomic mass is 32.1. The summed E-state index contributed by atoms with van der Waals surface area (Å²) in [6, 6.07) is 0. The van der Waals surface area contributed by atoms with Crippen molar-refractivity contribution in [3.8, 4) is 0 Å². The zero-order valence-corrected chi connectivity index (χ0v) is 30.2. The van der Waals surface area contributed by atoms with Crippen molar-refractivity contribution >= 4 is 32.6 Å². The summed E-state index contributed by atoms with van der Waals surface area (Å²) in [5.74, 6) is 0. The molecule has 0 aliphatic rings. The molecule has 0 amide bonds. The van der Waals surface area contributed by atoms with Gasteiger partial charge in [-0.2, -0.15) is 0 Å². The molecule has 1 heteroatoms. The van der Waals surface area contributed by atoms with E-state index in [2.05, 4.69) is 138 Å². The van der Waals surface area contributed by atoms with Crippen molar-refractivity contribution in [2.75, 3.05) is 0 Å². The van der Waals surface area contributed by atoms with E-state index >= 15 is 0 Å². The SMILES string of the molecule is CC(=C(/C)c1c(C)c(C)c2c(C)c(/C(=C(\C)C(C)(C)C)C(C)(C)C)sc2c1C)/C(=C(\C)C(C)(C)C)C(C)(C)C. The van der Waals surface area contributed by atoms with Gasteiger partial charge in [-0.1, -0.05) is 94.2 Å². The smallest absolute Gasteiger partial charge is 0.0390 e. The summed E-state index contributed by atoms with van der Waals surface area (Å²) in [6.45, 7) is 47.2. The quantitative estimate of drug-likeness (QED) is 0.335. The van der Waals surface area contributed by atoms with Gasteiger partial charge in [0.1, 0.15) is 0 Å². The molecule has 0 saturated heterocycles. The van der Waals surface area contributed by atoms with E-state index in [9.17, 15) is 0 Å². The molecule has 0 nitrogen and oxygen atoms in total. The lowest BCUT2D eigenvalue weighted by atomic mass is 9.71. The molecule has 1 aromatic heterocycles. The number of allylic oxidation sites excluding steroid dienone is 6. The maximum atomic E-state index is 2.38. The van der Waals surface area contributed by atoms with Crippen LogP contribution in [0.3, 0.4) is 0 Å². The monoisotopic (exact) mass is 548 g/mol. The number of hydrogen-bond donors (Lipinski definition) is 0. The third-order valence-electron chi connectivity index (χ3n) is 9.21. The molecular formula is C38H60S. The van der Waals surface area contributed by atoms with Gasteiger partial charge in [-0.05, 0) is 133 Å². The van der Waals surface area contributed by atoms with Crippen LogP contribution in [0.15, 0.2) is 22.3 Å². The molecule has 0 N–H and O–H groups in total. The first-order valence-electron chi connectivity index (χ1n) is 14.9. The van der Waals surface area contributed by atoms with Gasteiger partial charge >= 0.3 is 0 Å². The molecule has 1 heterocycles. The lowest BCUT2D eigenvalue weighted by molar-refractivity contribution is 0.449. The van der Waals surface area contributed by atoms with Crippen LogP contribution in [-0.4, -0.2) is 0 Å². The molecule has 0 bridgehead atoms. The fourth-order valence-corrected chi connectivity index (χ4v) is 8.09. The third kappa shape index (κ3) is 6.34. The topological polar surface area (TPSA) is 0 Å². The van der Waals surface area contributed by atoms with Crippen LogP contribution in [0.5, 0.6) is 0 Å². The number of rotatable bonds is 3. The normalized spacial score (nSPS) is 15.9. The van der Waals surface area contributed by atoms with Gasteiger partial charge in [0.25, 0.3) is 0 Å². The van der Waals surface area contributed by atoms with Crippen LogP contribution in [0.25, 0.3) is 21.2 Å². The van der Waals surface area contributed by atoms with Crippen molar-refractivity contribution in [3.05, 3.63) is 55.0 Å². The molecule has 2 rings (SSSR count). The molecule has 0 unspecified atom stereocenters. The van der Waals surface area contributed by atoms with E-state index in [-0.39, 0.29) is 21.7 Å². The van der Waals surface area contributed by atoms with E-state index in [4.69, 9.17) is 0 Å². The lowest BCUT2D eigenvalue weighted by Crippen LogP contribution is -2.19. The van der Waals surface area contributed by atoms with Crippen molar-refractivity contribution in [1.82, 2.24) is 0 Å².